The minimum atomic E-state index is -1.18. The first-order valence-electron chi connectivity index (χ1n) is 7.79. The molecule has 0 radical (unpaired) electrons. The van der Waals surface area contributed by atoms with Gasteiger partial charge in [0.2, 0.25) is 0 Å². The van der Waals surface area contributed by atoms with Crippen molar-refractivity contribution in [3.63, 3.8) is 0 Å². The monoisotopic (exact) mass is 283 g/mol. The fourth-order valence-corrected chi connectivity index (χ4v) is 8.14. The third-order valence-electron chi connectivity index (χ3n) is 4.74. The maximum atomic E-state index is 2.43. The molecule has 0 nitrogen and oxygen atoms in total. The first-order chi connectivity index (χ1) is 9.81. The van der Waals surface area contributed by atoms with Gasteiger partial charge in [0.25, 0.3) is 0 Å². The molecule has 1 unspecified atom stereocenters. The van der Waals surface area contributed by atoms with E-state index in [1.165, 1.54) is 31.6 Å². The van der Waals surface area contributed by atoms with Crippen molar-refractivity contribution >= 4 is 17.9 Å². The molecule has 1 heteroatoms. The standard InChI is InChI=1S/C19H24P/c1-17-9-8-15-20(16-14-17,18-10-4-2-5-11-18)19-12-6-3-7-13-19/h2-7,10-13,17H,8-9,14-16H2,1H3/q+1. The van der Waals surface area contributed by atoms with Gasteiger partial charge in [-0.25, -0.2) is 0 Å². The Bertz CT molecular complexity index is 493. The van der Waals surface area contributed by atoms with Crippen LogP contribution in [0.3, 0.4) is 0 Å². The summed E-state index contributed by atoms with van der Waals surface area (Å²) >= 11 is 0. The van der Waals surface area contributed by atoms with E-state index in [9.17, 15) is 0 Å². The molecule has 1 saturated heterocycles. The van der Waals surface area contributed by atoms with Crippen molar-refractivity contribution in [3.8, 4) is 0 Å². The zero-order valence-electron chi connectivity index (χ0n) is 12.3. The number of benzene rings is 2. The lowest BCUT2D eigenvalue weighted by Crippen LogP contribution is -2.26. The van der Waals surface area contributed by atoms with E-state index >= 15 is 0 Å². The molecule has 1 aliphatic rings. The average molecular weight is 283 g/mol. The molecule has 104 valence electrons. The van der Waals surface area contributed by atoms with Crippen molar-refractivity contribution in [1.29, 1.82) is 0 Å². The van der Waals surface area contributed by atoms with Crippen LogP contribution in [-0.2, 0) is 0 Å². The largest absolute Gasteiger partial charge is 0.0991 e. The van der Waals surface area contributed by atoms with E-state index in [1.807, 2.05) is 0 Å². The number of rotatable bonds is 2. The van der Waals surface area contributed by atoms with Crippen molar-refractivity contribution in [1.82, 2.24) is 0 Å². The summed E-state index contributed by atoms with van der Waals surface area (Å²) in [6.45, 7) is 2.43. The molecule has 0 aromatic heterocycles. The Balaban J connectivity index is 2.08. The highest BCUT2D eigenvalue weighted by atomic mass is 31.2. The van der Waals surface area contributed by atoms with Gasteiger partial charge in [0, 0.05) is 0 Å². The summed E-state index contributed by atoms with van der Waals surface area (Å²) in [4.78, 5) is 0. The molecule has 20 heavy (non-hydrogen) atoms. The molecular formula is C19H24P+. The maximum absolute atomic E-state index is 2.43. The van der Waals surface area contributed by atoms with Crippen molar-refractivity contribution in [2.75, 3.05) is 12.3 Å². The molecule has 0 bridgehead atoms. The molecule has 2 aromatic carbocycles. The molecule has 0 spiro atoms. The molecular weight excluding hydrogens is 259 g/mol. The van der Waals surface area contributed by atoms with Crippen LogP contribution in [0.4, 0.5) is 0 Å². The average Bonchev–Trinajstić information content (AvgIpc) is 2.72. The summed E-state index contributed by atoms with van der Waals surface area (Å²) in [6.07, 6.45) is 6.96. The molecule has 3 rings (SSSR count). The van der Waals surface area contributed by atoms with Gasteiger partial charge in [0.1, 0.15) is 0 Å². The predicted octanol–water partition coefficient (Wildman–Crippen LogP) is 4.48. The second kappa shape index (κ2) is 6.10. The van der Waals surface area contributed by atoms with E-state index < -0.39 is 7.26 Å². The summed E-state index contributed by atoms with van der Waals surface area (Å²) in [5, 5.41) is 3.22. The predicted molar refractivity (Wildman–Crippen MR) is 91.8 cm³/mol. The number of hydrogen-bond donors (Lipinski definition) is 0. The van der Waals surface area contributed by atoms with Crippen LogP contribution < -0.4 is 10.6 Å². The Labute approximate surface area is 123 Å². The van der Waals surface area contributed by atoms with E-state index in [0.717, 1.165) is 5.92 Å². The second-order valence-corrected chi connectivity index (χ2v) is 9.99. The van der Waals surface area contributed by atoms with E-state index in [1.54, 1.807) is 10.6 Å². The Morgan fingerprint density at radius 2 is 1.30 bits per heavy atom. The third-order valence-corrected chi connectivity index (χ3v) is 9.42. The zero-order valence-corrected chi connectivity index (χ0v) is 13.2. The van der Waals surface area contributed by atoms with Crippen LogP contribution in [0.15, 0.2) is 60.7 Å². The van der Waals surface area contributed by atoms with Crippen LogP contribution in [0.5, 0.6) is 0 Å². The lowest BCUT2D eigenvalue weighted by molar-refractivity contribution is 0.523. The Morgan fingerprint density at radius 3 is 1.85 bits per heavy atom. The highest BCUT2D eigenvalue weighted by Gasteiger charge is 2.43. The smallest absolute Gasteiger partial charge is 0.0624 e. The minimum absolute atomic E-state index is 0.893. The van der Waals surface area contributed by atoms with Crippen molar-refractivity contribution in [3.05, 3.63) is 60.7 Å². The molecule has 1 fully saturated rings. The van der Waals surface area contributed by atoms with Gasteiger partial charge >= 0.3 is 0 Å². The lowest BCUT2D eigenvalue weighted by atomic mass is 10.0. The van der Waals surface area contributed by atoms with E-state index in [0.29, 0.717) is 0 Å². The van der Waals surface area contributed by atoms with Crippen molar-refractivity contribution < 1.29 is 0 Å². The second-order valence-electron chi connectivity index (χ2n) is 6.12. The number of hydrogen-bond acceptors (Lipinski definition) is 0. The van der Waals surface area contributed by atoms with Gasteiger partial charge in [-0.05, 0) is 49.4 Å². The van der Waals surface area contributed by atoms with Crippen molar-refractivity contribution in [2.24, 2.45) is 5.92 Å². The fraction of sp³-hybridized carbons (Fsp3) is 0.368. The normalized spacial score (nSPS) is 22.1. The van der Waals surface area contributed by atoms with Crippen LogP contribution in [0.1, 0.15) is 26.2 Å². The first kappa shape index (κ1) is 13.8. The summed E-state index contributed by atoms with van der Waals surface area (Å²) in [5.41, 5.74) is 0. The highest BCUT2D eigenvalue weighted by Crippen LogP contribution is 2.59. The van der Waals surface area contributed by atoms with E-state index in [4.69, 9.17) is 0 Å². The summed E-state index contributed by atoms with van der Waals surface area (Å²) < 4.78 is 0. The Hall–Kier alpha value is -1.13. The lowest BCUT2D eigenvalue weighted by Gasteiger charge is -2.26. The van der Waals surface area contributed by atoms with E-state index in [-0.39, 0.29) is 0 Å². The van der Waals surface area contributed by atoms with Gasteiger partial charge in [-0.15, -0.1) is 0 Å². The molecule has 0 aliphatic carbocycles. The van der Waals surface area contributed by atoms with Crippen LogP contribution in [0.2, 0.25) is 0 Å². The summed E-state index contributed by atoms with van der Waals surface area (Å²) in [5.74, 6) is 0.893. The minimum Gasteiger partial charge on any atom is -0.0624 e. The van der Waals surface area contributed by atoms with Gasteiger partial charge in [0.15, 0.2) is 0 Å². The molecule has 0 N–H and O–H groups in total. The molecule has 0 saturated carbocycles. The molecule has 1 atom stereocenters. The molecule has 1 heterocycles. The van der Waals surface area contributed by atoms with Gasteiger partial charge < -0.3 is 0 Å². The Kier molecular flexibility index (Phi) is 4.22. The van der Waals surface area contributed by atoms with Crippen LogP contribution in [0, 0.1) is 5.92 Å². The van der Waals surface area contributed by atoms with Crippen LogP contribution in [-0.4, -0.2) is 12.3 Å². The van der Waals surface area contributed by atoms with Gasteiger partial charge in [-0.3, -0.25) is 0 Å². The third kappa shape index (κ3) is 2.67. The molecule has 1 aliphatic heterocycles. The van der Waals surface area contributed by atoms with Crippen molar-refractivity contribution in [2.45, 2.75) is 26.2 Å². The van der Waals surface area contributed by atoms with Crippen LogP contribution >= 0.6 is 7.26 Å². The highest BCUT2D eigenvalue weighted by molar-refractivity contribution is 7.89. The molecule has 0 amide bonds. The maximum Gasteiger partial charge on any atom is 0.0991 e. The topological polar surface area (TPSA) is 0 Å². The SMILES string of the molecule is CC1CCC[P+](c2ccccc2)(c2ccccc2)CC1. The van der Waals surface area contributed by atoms with Gasteiger partial charge in [-0.2, -0.15) is 0 Å². The summed E-state index contributed by atoms with van der Waals surface area (Å²) in [7, 11) is -1.18. The zero-order chi connectivity index (χ0) is 13.8. The van der Waals surface area contributed by atoms with Gasteiger partial charge in [-0.1, -0.05) is 43.3 Å². The Morgan fingerprint density at radius 1 is 0.750 bits per heavy atom. The fourth-order valence-electron chi connectivity index (χ4n) is 3.50. The van der Waals surface area contributed by atoms with Gasteiger partial charge in [0.05, 0.1) is 30.2 Å². The summed E-state index contributed by atoms with van der Waals surface area (Å²) in [6, 6.07) is 22.6. The first-order valence-corrected chi connectivity index (χ1v) is 9.95. The molecule has 2 aromatic rings. The van der Waals surface area contributed by atoms with Crippen LogP contribution in [0.25, 0.3) is 0 Å². The quantitative estimate of drug-likeness (QED) is 0.713. The van der Waals surface area contributed by atoms with E-state index in [2.05, 4.69) is 67.6 Å².